The number of carbonyl (C=O) groups excluding carboxylic acids is 1. The van der Waals surface area contributed by atoms with Crippen LogP contribution in [0, 0.1) is 11.8 Å². The number of piperidine rings is 1. The molecule has 1 aliphatic heterocycles. The number of nitrogens with one attached hydrogen (secondary N) is 1. The van der Waals surface area contributed by atoms with E-state index in [1.165, 1.54) is 0 Å². The molecule has 2 aliphatic rings. The number of hydrogen-bond acceptors (Lipinski definition) is 5. The normalized spacial score (nSPS) is 26.2. The highest BCUT2D eigenvalue weighted by atomic mass is 16.5. The SMILES string of the molecule is COCC(C)N1C[C@@H]2C(NC(=O)c3ccc(-n4ccnc4)cn3)[C@@H]2C1. The summed E-state index contributed by atoms with van der Waals surface area (Å²) in [5, 5.41) is 3.14. The Balaban J connectivity index is 1.31. The quantitative estimate of drug-likeness (QED) is 0.847. The van der Waals surface area contributed by atoms with Crippen LogP contribution >= 0.6 is 0 Å². The minimum atomic E-state index is -0.0897. The molecule has 7 nitrogen and oxygen atoms in total. The summed E-state index contributed by atoms with van der Waals surface area (Å²) in [4.78, 5) is 23.2. The van der Waals surface area contributed by atoms with E-state index in [-0.39, 0.29) is 11.9 Å². The zero-order valence-corrected chi connectivity index (χ0v) is 14.5. The van der Waals surface area contributed by atoms with Crippen LogP contribution in [0.15, 0.2) is 37.1 Å². The van der Waals surface area contributed by atoms with Crippen molar-refractivity contribution in [1.82, 2.24) is 24.8 Å². The van der Waals surface area contributed by atoms with Crippen LogP contribution in [-0.4, -0.2) is 64.2 Å². The summed E-state index contributed by atoms with van der Waals surface area (Å²) >= 11 is 0. The molecular weight excluding hydrogens is 318 g/mol. The zero-order chi connectivity index (χ0) is 17.4. The Morgan fingerprint density at radius 1 is 1.40 bits per heavy atom. The summed E-state index contributed by atoms with van der Waals surface area (Å²) in [7, 11) is 1.74. The molecule has 1 saturated heterocycles. The minimum absolute atomic E-state index is 0.0897. The number of pyridine rings is 1. The number of methoxy groups -OCH3 is 1. The number of nitrogens with zero attached hydrogens (tertiary/aromatic N) is 4. The Hall–Kier alpha value is -2.25. The van der Waals surface area contributed by atoms with Crippen LogP contribution in [0.4, 0.5) is 0 Å². The second-order valence-electron chi connectivity index (χ2n) is 6.96. The van der Waals surface area contributed by atoms with Gasteiger partial charge in [0.1, 0.15) is 5.69 Å². The standard InChI is InChI=1S/C18H23N5O2/c1-12(10-25-2)23-8-14-15(9-23)17(14)21-18(24)16-4-3-13(7-20-16)22-6-5-19-11-22/h3-7,11-12,14-15,17H,8-10H2,1-2H3,(H,21,24)/t12?,14-,15+,17?. The molecular formula is C18H23N5O2. The maximum Gasteiger partial charge on any atom is 0.270 e. The molecule has 2 aromatic rings. The van der Waals surface area contributed by atoms with E-state index in [2.05, 4.69) is 27.1 Å². The van der Waals surface area contributed by atoms with E-state index in [1.807, 2.05) is 16.8 Å². The number of rotatable bonds is 6. The van der Waals surface area contributed by atoms with Crippen LogP contribution in [0.2, 0.25) is 0 Å². The Kier molecular flexibility index (Phi) is 4.27. The van der Waals surface area contributed by atoms with Gasteiger partial charge in [-0.15, -0.1) is 0 Å². The fourth-order valence-corrected chi connectivity index (χ4v) is 3.79. The van der Waals surface area contributed by atoms with Gasteiger partial charge in [0.15, 0.2) is 0 Å². The van der Waals surface area contributed by atoms with E-state index in [0.29, 0.717) is 23.6 Å². The molecule has 25 heavy (non-hydrogen) atoms. The number of hydrogen-bond donors (Lipinski definition) is 1. The van der Waals surface area contributed by atoms with E-state index < -0.39 is 0 Å². The van der Waals surface area contributed by atoms with Gasteiger partial charge in [-0.25, -0.2) is 9.97 Å². The molecule has 2 aromatic heterocycles. The Morgan fingerprint density at radius 2 is 2.20 bits per heavy atom. The predicted molar refractivity (Wildman–Crippen MR) is 92.5 cm³/mol. The molecule has 0 spiro atoms. The molecule has 1 amide bonds. The largest absolute Gasteiger partial charge is 0.383 e. The van der Waals surface area contributed by atoms with Gasteiger partial charge < -0.3 is 14.6 Å². The van der Waals surface area contributed by atoms with Gasteiger partial charge in [0.25, 0.3) is 5.91 Å². The summed E-state index contributed by atoms with van der Waals surface area (Å²) in [6.07, 6.45) is 6.96. The van der Waals surface area contributed by atoms with Crippen LogP contribution in [0.5, 0.6) is 0 Å². The highest BCUT2D eigenvalue weighted by molar-refractivity contribution is 5.92. The van der Waals surface area contributed by atoms with E-state index in [1.54, 1.807) is 31.9 Å². The van der Waals surface area contributed by atoms with Crippen molar-refractivity contribution >= 4 is 5.91 Å². The smallest absolute Gasteiger partial charge is 0.270 e. The summed E-state index contributed by atoms with van der Waals surface area (Å²) in [5.74, 6) is 1.04. The Labute approximate surface area is 147 Å². The van der Waals surface area contributed by atoms with Gasteiger partial charge in [0, 0.05) is 44.7 Å². The number of fused-ring (bicyclic) bond motifs is 1. The molecule has 3 heterocycles. The van der Waals surface area contributed by atoms with Gasteiger partial charge in [0.2, 0.25) is 0 Å². The lowest BCUT2D eigenvalue weighted by molar-refractivity contribution is 0.0914. The molecule has 2 fully saturated rings. The number of imidazole rings is 1. The average Bonchev–Trinajstić information content (AvgIpc) is 3.08. The van der Waals surface area contributed by atoms with Crippen LogP contribution in [0.25, 0.3) is 5.69 Å². The first-order chi connectivity index (χ1) is 12.2. The molecule has 1 N–H and O–H groups in total. The third-order valence-corrected chi connectivity index (χ3v) is 5.33. The molecule has 1 aliphatic carbocycles. The fraction of sp³-hybridized carbons (Fsp3) is 0.500. The van der Waals surface area contributed by atoms with Crippen molar-refractivity contribution in [3.05, 3.63) is 42.7 Å². The number of ether oxygens (including phenoxy) is 1. The van der Waals surface area contributed by atoms with Crippen LogP contribution in [0.1, 0.15) is 17.4 Å². The van der Waals surface area contributed by atoms with Crippen molar-refractivity contribution in [3.8, 4) is 5.69 Å². The second-order valence-corrected chi connectivity index (χ2v) is 6.96. The number of amides is 1. The highest BCUT2D eigenvalue weighted by Gasteiger charge is 2.56. The zero-order valence-electron chi connectivity index (χ0n) is 14.5. The lowest BCUT2D eigenvalue weighted by Crippen LogP contribution is -2.40. The van der Waals surface area contributed by atoms with E-state index in [0.717, 1.165) is 25.4 Å². The Morgan fingerprint density at radius 3 is 2.80 bits per heavy atom. The van der Waals surface area contributed by atoms with Gasteiger partial charge >= 0.3 is 0 Å². The molecule has 0 radical (unpaired) electrons. The molecule has 4 rings (SSSR count). The van der Waals surface area contributed by atoms with E-state index in [4.69, 9.17) is 4.74 Å². The van der Waals surface area contributed by atoms with Crippen LogP contribution < -0.4 is 5.32 Å². The number of aromatic nitrogens is 3. The first-order valence-corrected chi connectivity index (χ1v) is 8.65. The number of carbonyl (C=O) groups is 1. The minimum Gasteiger partial charge on any atom is -0.383 e. The first-order valence-electron chi connectivity index (χ1n) is 8.65. The molecule has 7 heteroatoms. The van der Waals surface area contributed by atoms with Crippen LogP contribution in [0.3, 0.4) is 0 Å². The van der Waals surface area contributed by atoms with Crippen molar-refractivity contribution in [2.24, 2.45) is 11.8 Å². The maximum absolute atomic E-state index is 12.4. The summed E-state index contributed by atoms with van der Waals surface area (Å²) in [6, 6.07) is 4.36. The summed E-state index contributed by atoms with van der Waals surface area (Å²) in [6.45, 7) is 5.01. The highest BCUT2D eigenvalue weighted by Crippen LogP contribution is 2.46. The third kappa shape index (κ3) is 3.17. The predicted octanol–water partition coefficient (Wildman–Crippen LogP) is 0.962. The fourth-order valence-electron chi connectivity index (χ4n) is 3.79. The topological polar surface area (TPSA) is 72.3 Å². The first kappa shape index (κ1) is 16.2. The van der Waals surface area contributed by atoms with Gasteiger partial charge in [-0.3, -0.25) is 9.69 Å². The van der Waals surface area contributed by atoms with Gasteiger partial charge in [0.05, 0.1) is 24.8 Å². The maximum atomic E-state index is 12.4. The average molecular weight is 341 g/mol. The lowest BCUT2D eigenvalue weighted by Gasteiger charge is -2.26. The Bertz CT molecular complexity index is 718. The summed E-state index contributed by atoms with van der Waals surface area (Å²) in [5.41, 5.74) is 1.35. The van der Waals surface area contributed by atoms with E-state index >= 15 is 0 Å². The lowest BCUT2D eigenvalue weighted by atomic mass is 10.2. The van der Waals surface area contributed by atoms with Crippen molar-refractivity contribution in [3.63, 3.8) is 0 Å². The molecule has 1 saturated carbocycles. The summed E-state index contributed by atoms with van der Waals surface area (Å²) < 4.78 is 7.08. The molecule has 4 atom stereocenters. The van der Waals surface area contributed by atoms with Gasteiger partial charge in [-0.2, -0.15) is 0 Å². The molecule has 0 bridgehead atoms. The monoisotopic (exact) mass is 341 g/mol. The van der Waals surface area contributed by atoms with Gasteiger partial charge in [-0.1, -0.05) is 0 Å². The van der Waals surface area contributed by atoms with Crippen molar-refractivity contribution in [1.29, 1.82) is 0 Å². The molecule has 2 unspecified atom stereocenters. The van der Waals surface area contributed by atoms with Crippen molar-refractivity contribution < 1.29 is 9.53 Å². The molecule has 0 aromatic carbocycles. The second kappa shape index (κ2) is 6.57. The van der Waals surface area contributed by atoms with Crippen molar-refractivity contribution in [2.75, 3.05) is 26.8 Å². The van der Waals surface area contributed by atoms with Crippen LogP contribution in [-0.2, 0) is 4.74 Å². The van der Waals surface area contributed by atoms with Crippen molar-refractivity contribution in [2.45, 2.75) is 19.0 Å². The third-order valence-electron chi connectivity index (χ3n) is 5.33. The number of likely N-dealkylation sites (tertiary alicyclic amines) is 1. The molecule has 132 valence electrons. The van der Waals surface area contributed by atoms with E-state index in [9.17, 15) is 4.79 Å². The van der Waals surface area contributed by atoms with Gasteiger partial charge in [-0.05, 0) is 30.9 Å².